The van der Waals surface area contributed by atoms with Crippen LogP contribution in [0.25, 0.3) is 0 Å². The predicted octanol–water partition coefficient (Wildman–Crippen LogP) is 7.09. The lowest BCUT2D eigenvalue weighted by molar-refractivity contribution is -0.138. The summed E-state index contributed by atoms with van der Waals surface area (Å²) in [7, 11) is 0. The Bertz CT molecular complexity index is 427. The molecule has 0 aliphatic carbocycles. The van der Waals surface area contributed by atoms with Crippen LogP contribution >= 0.6 is 0 Å². The summed E-state index contributed by atoms with van der Waals surface area (Å²) in [4.78, 5) is 11.4. The number of esters is 1. The van der Waals surface area contributed by atoms with Gasteiger partial charge in [-0.05, 0) is 58.8 Å². The van der Waals surface area contributed by atoms with E-state index in [0.717, 1.165) is 37.7 Å². The fraction of sp³-hybridized carbons (Fsp3) is 0.609. The summed E-state index contributed by atoms with van der Waals surface area (Å²) in [5.74, 6) is -0.179. The minimum Gasteiger partial charge on any atom is -0.463 e. The molecule has 0 aliphatic heterocycles. The maximum Gasteiger partial charge on any atom is 0.333 e. The van der Waals surface area contributed by atoms with Crippen molar-refractivity contribution in [1.29, 1.82) is 0 Å². The van der Waals surface area contributed by atoms with Gasteiger partial charge < -0.3 is 4.74 Å². The Labute approximate surface area is 155 Å². The molecular weight excluding hydrogens is 308 g/mol. The third kappa shape index (κ3) is 17.1. The third-order valence-electron chi connectivity index (χ3n) is 3.90. The van der Waals surface area contributed by atoms with Crippen LogP contribution in [-0.4, -0.2) is 12.6 Å². The van der Waals surface area contributed by atoms with Crippen molar-refractivity contribution in [2.75, 3.05) is 6.61 Å². The van der Waals surface area contributed by atoms with Crippen molar-refractivity contribution < 1.29 is 9.53 Å². The zero-order valence-electron chi connectivity index (χ0n) is 16.6. The number of hydrogen-bond donors (Lipinski definition) is 0. The van der Waals surface area contributed by atoms with Crippen LogP contribution in [0.2, 0.25) is 0 Å². The predicted molar refractivity (Wildman–Crippen MR) is 110 cm³/mol. The first-order chi connectivity index (χ1) is 12.2. The third-order valence-corrected chi connectivity index (χ3v) is 3.90. The molecule has 2 heteroatoms. The van der Waals surface area contributed by atoms with E-state index in [-0.39, 0.29) is 5.97 Å². The van der Waals surface area contributed by atoms with Crippen LogP contribution in [0.4, 0.5) is 0 Å². The van der Waals surface area contributed by atoms with Crippen LogP contribution in [0.3, 0.4) is 0 Å². The van der Waals surface area contributed by atoms with Crippen LogP contribution in [0.15, 0.2) is 48.1 Å². The van der Waals surface area contributed by atoms with Crippen molar-refractivity contribution in [3.05, 3.63) is 48.1 Å². The van der Waals surface area contributed by atoms with Gasteiger partial charge in [-0.1, -0.05) is 68.7 Å². The molecule has 0 aromatic rings. The SMILES string of the molecule is CCC=CCC=CCC=CCCCCCCCC=C(C)C(=O)OCC. The first-order valence-electron chi connectivity index (χ1n) is 10.0. The monoisotopic (exact) mass is 346 g/mol. The zero-order valence-corrected chi connectivity index (χ0v) is 16.6. The number of ether oxygens (including phenoxy) is 1. The molecular formula is C23H38O2. The molecule has 0 amide bonds. The van der Waals surface area contributed by atoms with Crippen molar-refractivity contribution in [2.24, 2.45) is 0 Å². The van der Waals surface area contributed by atoms with E-state index >= 15 is 0 Å². The first kappa shape index (κ1) is 23.4. The van der Waals surface area contributed by atoms with Crippen molar-refractivity contribution in [3.63, 3.8) is 0 Å². The van der Waals surface area contributed by atoms with Gasteiger partial charge in [-0.2, -0.15) is 0 Å². The van der Waals surface area contributed by atoms with Gasteiger partial charge in [0.15, 0.2) is 0 Å². The molecule has 0 spiro atoms. The fourth-order valence-electron chi connectivity index (χ4n) is 2.41. The second-order valence-electron chi connectivity index (χ2n) is 6.25. The summed E-state index contributed by atoms with van der Waals surface area (Å²) in [6.07, 6.45) is 27.1. The molecule has 142 valence electrons. The molecule has 0 rings (SSSR count). The Morgan fingerprint density at radius 3 is 1.96 bits per heavy atom. The largest absolute Gasteiger partial charge is 0.463 e. The molecule has 25 heavy (non-hydrogen) atoms. The van der Waals surface area contributed by atoms with Crippen LogP contribution in [0, 0.1) is 0 Å². The second kappa shape index (κ2) is 18.8. The first-order valence-corrected chi connectivity index (χ1v) is 10.0. The standard InChI is InChI=1S/C23H38O2/c1-4-6-7-8-9-10-11-12-13-14-15-16-17-18-19-20-21-22(3)23(24)25-5-2/h6-7,9-10,12-13,21H,4-5,8,11,14-20H2,1-3H3. The number of allylic oxidation sites excluding steroid dienone is 7. The highest BCUT2D eigenvalue weighted by Gasteiger charge is 2.02. The van der Waals surface area contributed by atoms with Crippen molar-refractivity contribution in [2.45, 2.75) is 85.0 Å². The van der Waals surface area contributed by atoms with Crippen LogP contribution in [0.5, 0.6) is 0 Å². The smallest absolute Gasteiger partial charge is 0.333 e. The molecule has 0 heterocycles. The minimum atomic E-state index is -0.179. The van der Waals surface area contributed by atoms with E-state index in [2.05, 4.69) is 43.4 Å². The Kier molecular flexibility index (Phi) is 17.6. The highest BCUT2D eigenvalue weighted by molar-refractivity contribution is 5.87. The van der Waals surface area contributed by atoms with E-state index in [4.69, 9.17) is 4.74 Å². The van der Waals surface area contributed by atoms with Crippen LogP contribution < -0.4 is 0 Å². The Balaban J connectivity index is 3.44. The molecule has 0 saturated carbocycles. The topological polar surface area (TPSA) is 26.3 Å². The molecule has 0 fully saturated rings. The molecule has 0 aromatic carbocycles. The van der Waals surface area contributed by atoms with E-state index in [0.29, 0.717) is 6.61 Å². The van der Waals surface area contributed by atoms with E-state index in [1.807, 2.05) is 19.9 Å². The minimum absolute atomic E-state index is 0.179. The van der Waals surface area contributed by atoms with E-state index < -0.39 is 0 Å². The zero-order chi connectivity index (χ0) is 18.6. The molecule has 0 N–H and O–H groups in total. The average Bonchev–Trinajstić information content (AvgIpc) is 2.61. The summed E-state index contributed by atoms with van der Waals surface area (Å²) < 4.78 is 4.96. The van der Waals surface area contributed by atoms with Gasteiger partial charge in [0.1, 0.15) is 0 Å². The molecule has 0 radical (unpaired) electrons. The molecule has 2 nitrogen and oxygen atoms in total. The maximum atomic E-state index is 11.4. The summed E-state index contributed by atoms with van der Waals surface area (Å²) in [5, 5.41) is 0. The van der Waals surface area contributed by atoms with Crippen molar-refractivity contribution in [3.8, 4) is 0 Å². The fourth-order valence-corrected chi connectivity index (χ4v) is 2.41. The Hall–Kier alpha value is -1.57. The van der Waals surface area contributed by atoms with E-state index in [1.165, 1.54) is 32.1 Å². The number of rotatable bonds is 15. The molecule has 0 bridgehead atoms. The summed E-state index contributed by atoms with van der Waals surface area (Å²) in [5.41, 5.74) is 0.738. The highest BCUT2D eigenvalue weighted by Crippen LogP contribution is 2.09. The van der Waals surface area contributed by atoms with Crippen molar-refractivity contribution >= 4 is 5.97 Å². The quantitative estimate of drug-likeness (QED) is 0.137. The van der Waals surface area contributed by atoms with Gasteiger partial charge in [-0.3, -0.25) is 0 Å². The highest BCUT2D eigenvalue weighted by atomic mass is 16.5. The van der Waals surface area contributed by atoms with Gasteiger partial charge >= 0.3 is 5.97 Å². The number of carbonyl (C=O) groups is 1. The molecule has 0 unspecified atom stereocenters. The Morgan fingerprint density at radius 2 is 1.32 bits per heavy atom. The van der Waals surface area contributed by atoms with E-state index in [9.17, 15) is 4.79 Å². The lowest BCUT2D eigenvalue weighted by atomic mass is 10.1. The van der Waals surface area contributed by atoms with Gasteiger partial charge in [0.05, 0.1) is 6.61 Å². The van der Waals surface area contributed by atoms with Crippen LogP contribution in [-0.2, 0) is 9.53 Å². The lowest BCUT2D eigenvalue weighted by Gasteiger charge is -2.02. The summed E-state index contributed by atoms with van der Waals surface area (Å²) in [6.45, 7) is 6.28. The number of unbranched alkanes of at least 4 members (excludes halogenated alkanes) is 6. The molecule has 0 aliphatic rings. The molecule has 0 atom stereocenters. The second-order valence-corrected chi connectivity index (χ2v) is 6.25. The Morgan fingerprint density at radius 1 is 0.760 bits per heavy atom. The van der Waals surface area contributed by atoms with Gasteiger partial charge in [-0.25, -0.2) is 4.79 Å². The number of carbonyl (C=O) groups excluding carboxylic acids is 1. The normalized spacial score (nSPS) is 12.7. The van der Waals surface area contributed by atoms with Crippen LogP contribution in [0.1, 0.15) is 85.0 Å². The summed E-state index contributed by atoms with van der Waals surface area (Å²) in [6, 6.07) is 0. The van der Waals surface area contributed by atoms with Gasteiger partial charge in [-0.15, -0.1) is 0 Å². The number of hydrogen-bond acceptors (Lipinski definition) is 2. The van der Waals surface area contributed by atoms with Gasteiger partial charge in [0.2, 0.25) is 0 Å². The van der Waals surface area contributed by atoms with E-state index in [1.54, 1.807) is 0 Å². The maximum absolute atomic E-state index is 11.4. The summed E-state index contributed by atoms with van der Waals surface area (Å²) >= 11 is 0. The lowest BCUT2D eigenvalue weighted by Crippen LogP contribution is -2.04. The van der Waals surface area contributed by atoms with Crippen molar-refractivity contribution in [1.82, 2.24) is 0 Å². The average molecular weight is 347 g/mol. The molecule has 0 aromatic heterocycles. The van der Waals surface area contributed by atoms with Gasteiger partial charge in [0, 0.05) is 5.57 Å². The van der Waals surface area contributed by atoms with Gasteiger partial charge in [0.25, 0.3) is 0 Å². The molecule has 0 saturated heterocycles.